The number of imidazole rings is 1. The lowest BCUT2D eigenvalue weighted by molar-refractivity contribution is 0.418. The number of hydrogen-bond acceptors (Lipinski definition) is 5. The fourth-order valence-corrected chi connectivity index (χ4v) is 2.45. The summed E-state index contributed by atoms with van der Waals surface area (Å²) in [7, 11) is 1.82. The number of nitrogens with zero attached hydrogens (tertiary/aromatic N) is 4. The molecule has 0 unspecified atom stereocenters. The minimum absolute atomic E-state index is 0.344. The monoisotopic (exact) mass is 246 g/mol. The number of aromatic nitrogens is 4. The number of hydrogen-bond donors (Lipinski definition) is 2. The van der Waals surface area contributed by atoms with Gasteiger partial charge in [0.1, 0.15) is 5.52 Å². The van der Waals surface area contributed by atoms with Crippen LogP contribution in [0.25, 0.3) is 11.2 Å². The highest BCUT2D eigenvalue weighted by atomic mass is 15.3. The van der Waals surface area contributed by atoms with E-state index < -0.39 is 0 Å². The molecule has 1 fully saturated rings. The fourth-order valence-electron chi connectivity index (χ4n) is 2.45. The number of rotatable bonds is 2. The van der Waals surface area contributed by atoms with Gasteiger partial charge in [-0.3, -0.25) is 0 Å². The quantitative estimate of drug-likeness (QED) is 0.843. The zero-order chi connectivity index (χ0) is 12.8. The van der Waals surface area contributed by atoms with Crippen molar-refractivity contribution in [2.75, 3.05) is 30.4 Å². The third kappa shape index (κ3) is 1.77. The van der Waals surface area contributed by atoms with Crippen molar-refractivity contribution in [3.63, 3.8) is 0 Å². The molecule has 2 aromatic rings. The van der Waals surface area contributed by atoms with Gasteiger partial charge >= 0.3 is 0 Å². The van der Waals surface area contributed by atoms with Crippen LogP contribution in [-0.4, -0.2) is 40.1 Å². The SMILES string of the molecule is CNc1nc(N2CCC(C)(C)C2)c2[nH]cnc2n1. The van der Waals surface area contributed by atoms with Crippen molar-refractivity contribution < 1.29 is 0 Å². The van der Waals surface area contributed by atoms with Gasteiger partial charge in [-0.2, -0.15) is 9.97 Å². The maximum absolute atomic E-state index is 4.57. The van der Waals surface area contributed by atoms with Crippen LogP contribution in [0.4, 0.5) is 11.8 Å². The molecule has 0 amide bonds. The zero-order valence-electron chi connectivity index (χ0n) is 11.0. The van der Waals surface area contributed by atoms with Crippen molar-refractivity contribution in [3.05, 3.63) is 6.33 Å². The van der Waals surface area contributed by atoms with Gasteiger partial charge in [0, 0.05) is 20.1 Å². The van der Waals surface area contributed by atoms with Gasteiger partial charge in [-0.05, 0) is 11.8 Å². The van der Waals surface area contributed by atoms with Crippen molar-refractivity contribution in [3.8, 4) is 0 Å². The van der Waals surface area contributed by atoms with Crippen LogP contribution < -0.4 is 10.2 Å². The van der Waals surface area contributed by atoms with Crippen LogP contribution in [0.2, 0.25) is 0 Å². The molecule has 1 saturated heterocycles. The summed E-state index contributed by atoms with van der Waals surface area (Å²) < 4.78 is 0. The summed E-state index contributed by atoms with van der Waals surface area (Å²) in [5.74, 6) is 1.57. The highest BCUT2D eigenvalue weighted by molar-refractivity contribution is 5.84. The minimum Gasteiger partial charge on any atom is -0.357 e. The summed E-state index contributed by atoms with van der Waals surface area (Å²) >= 11 is 0. The summed E-state index contributed by atoms with van der Waals surface area (Å²) in [4.78, 5) is 18.6. The molecule has 0 aliphatic carbocycles. The van der Waals surface area contributed by atoms with Gasteiger partial charge in [-0.1, -0.05) is 13.8 Å². The molecule has 6 nitrogen and oxygen atoms in total. The van der Waals surface area contributed by atoms with Gasteiger partial charge in [-0.25, -0.2) is 4.98 Å². The maximum atomic E-state index is 4.57. The van der Waals surface area contributed by atoms with E-state index in [0.29, 0.717) is 17.0 Å². The Hall–Kier alpha value is -1.85. The lowest BCUT2D eigenvalue weighted by atomic mass is 9.93. The van der Waals surface area contributed by atoms with E-state index in [1.807, 2.05) is 7.05 Å². The average molecular weight is 246 g/mol. The van der Waals surface area contributed by atoms with Crippen LogP contribution in [0.1, 0.15) is 20.3 Å². The van der Waals surface area contributed by atoms with Crippen LogP contribution in [0.3, 0.4) is 0 Å². The molecule has 1 aliphatic rings. The Kier molecular flexibility index (Phi) is 2.39. The molecule has 3 rings (SSSR count). The molecule has 18 heavy (non-hydrogen) atoms. The molecule has 1 aliphatic heterocycles. The summed E-state index contributed by atoms with van der Waals surface area (Å²) in [5.41, 5.74) is 1.98. The van der Waals surface area contributed by atoms with E-state index in [4.69, 9.17) is 0 Å². The normalized spacial score (nSPS) is 18.5. The van der Waals surface area contributed by atoms with Crippen molar-refractivity contribution in [2.24, 2.45) is 5.41 Å². The van der Waals surface area contributed by atoms with Crippen molar-refractivity contribution >= 4 is 22.9 Å². The van der Waals surface area contributed by atoms with Gasteiger partial charge in [0.05, 0.1) is 6.33 Å². The first-order valence-corrected chi connectivity index (χ1v) is 6.23. The van der Waals surface area contributed by atoms with Crippen LogP contribution in [0.15, 0.2) is 6.33 Å². The summed E-state index contributed by atoms with van der Waals surface area (Å²) in [6.07, 6.45) is 2.85. The van der Waals surface area contributed by atoms with Gasteiger partial charge in [0.25, 0.3) is 0 Å². The molecular formula is C12H18N6. The Labute approximate surface area is 106 Å². The minimum atomic E-state index is 0.344. The van der Waals surface area contributed by atoms with E-state index in [1.165, 1.54) is 6.42 Å². The van der Waals surface area contributed by atoms with E-state index in [9.17, 15) is 0 Å². The second kappa shape index (κ2) is 3.83. The first kappa shape index (κ1) is 11.3. The van der Waals surface area contributed by atoms with Crippen molar-refractivity contribution in [1.29, 1.82) is 0 Å². The van der Waals surface area contributed by atoms with Gasteiger partial charge in [0.2, 0.25) is 5.95 Å². The molecular weight excluding hydrogens is 228 g/mol. The number of nitrogens with one attached hydrogen (secondary N) is 2. The number of H-pyrrole nitrogens is 1. The predicted molar refractivity (Wildman–Crippen MR) is 71.8 cm³/mol. The first-order chi connectivity index (χ1) is 8.59. The molecule has 0 spiro atoms. The lowest BCUT2D eigenvalue weighted by Gasteiger charge is -2.21. The Bertz CT molecular complexity index is 573. The van der Waals surface area contributed by atoms with Gasteiger partial charge in [0.15, 0.2) is 11.5 Å². The molecule has 2 aromatic heterocycles. The Morgan fingerprint density at radius 3 is 2.89 bits per heavy atom. The van der Waals surface area contributed by atoms with Crippen molar-refractivity contribution in [2.45, 2.75) is 20.3 Å². The molecule has 6 heteroatoms. The van der Waals surface area contributed by atoms with E-state index in [1.54, 1.807) is 6.33 Å². The number of fused-ring (bicyclic) bond motifs is 1. The molecule has 96 valence electrons. The van der Waals surface area contributed by atoms with Gasteiger partial charge < -0.3 is 15.2 Å². The molecule has 0 radical (unpaired) electrons. The number of anilines is 2. The summed E-state index contributed by atoms with van der Waals surface area (Å²) in [6.45, 7) is 6.62. The molecule has 3 heterocycles. The molecule has 0 bridgehead atoms. The largest absolute Gasteiger partial charge is 0.357 e. The topological polar surface area (TPSA) is 69.7 Å². The predicted octanol–water partition coefficient (Wildman–Crippen LogP) is 1.63. The molecule has 0 saturated carbocycles. The van der Waals surface area contributed by atoms with Crippen LogP contribution in [0.5, 0.6) is 0 Å². The highest BCUT2D eigenvalue weighted by Gasteiger charge is 2.31. The summed E-state index contributed by atoms with van der Waals surface area (Å²) in [6, 6.07) is 0. The standard InChI is InChI=1S/C12H18N6/c1-12(2)4-5-18(6-12)10-8-9(15-7-14-8)16-11(13-3)17-10/h7H,4-6H2,1-3H3,(H2,13,14,15,16,17). The van der Waals surface area contributed by atoms with E-state index in [0.717, 1.165) is 24.4 Å². The third-order valence-corrected chi connectivity index (χ3v) is 3.47. The summed E-state index contributed by atoms with van der Waals surface area (Å²) in [5, 5.41) is 2.99. The van der Waals surface area contributed by atoms with Gasteiger partial charge in [-0.15, -0.1) is 0 Å². The van der Waals surface area contributed by atoms with Crippen LogP contribution in [0, 0.1) is 5.41 Å². The van der Waals surface area contributed by atoms with E-state index in [-0.39, 0.29) is 0 Å². The first-order valence-electron chi connectivity index (χ1n) is 6.23. The highest BCUT2D eigenvalue weighted by Crippen LogP contribution is 2.34. The Morgan fingerprint density at radius 2 is 2.22 bits per heavy atom. The van der Waals surface area contributed by atoms with Crippen LogP contribution >= 0.6 is 0 Å². The second-order valence-electron chi connectivity index (χ2n) is 5.56. The molecule has 2 N–H and O–H groups in total. The molecule has 0 aromatic carbocycles. The van der Waals surface area contributed by atoms with E-state index >= 15 is 0 Å². The average Bonchev–Trinajstić information content (AvgIpc) is 2.93. The Morgan fingerprint density at radius 1 is 1.39 bits per heavy atom. The third-order valence-electron chi connectivity index (χ3n) is 3.47. The number of aromatic amines is 1. The van der Waals surface area contributed by atoms with Crippen LogP contribution in [-0.2, 0) is 0 Å². The fraction of sp³-hybridized carbons (Fsp3) is 0.583. The molecule has 0 atom stereocenters. The van der Waals surface area contributed by atoms with E-state index in [2.05, 4.69) is 44.0 Å². The smallest absolute Gasteiger partial charge is 0.226 e. The lowest BCUT2D eigenvalue weighted by Crippen LogP contribution is -2.24. The maximum Gasteiger partial charge on any atom is 0.226 e. The zero-order valence-corrected chi connectivity index (χ0v) is 11.0. The Balaban J connectivity index is 2.07. The van der Waals surface area contributed by atoms with Crippen molar-refractivity contribution in [1.82, 2.24) is 19.9 Å². The second-order valence-corrected chi connectivity index (χ2v) is 5.56.